The van der Waals surface area contributed by atoms with Crippen molar-refractivity contribution in [2.45, 2.75) is 25.7 Å². The van der Waals surface area contributed by atoms with Crippen molar-refractivity contribution in [3.8, 4) is 40.2 Å². The number of ether oxygens (including phenoxy) is 6. The lowest BCUT2D eigenvalue weighted by Gasteiger charge is -2.14. The van der Waals surface area contributed by atoms with Crippen molar-refractivity contribution >= 4 is 0 Å². The maximum Gasteiger partial charge on any atom is 0.169 e. The van der Waals surface area contributed by atoms with Gasteiger partial charge in [-0.1, -0.05) is 18.2 Å². The van der Waals surface area contributed by atoms with Gasteiger partial charge in [0, 0.05) is 12.1 Å². The quantitative estimate of drug-likeness (QED) is 0.185. The first kappa shape index (κ1) is 27.7. The van der Waals surface area contributed by atoms with Crippen LogP contribution >= 0.6 is 0 Å². The van der Waals surface area contributed by atoms with E-state index in [0.717, 1.165) is 65.4 Å². The highest BCUT2D eigenvalue weighted by atomic mass is 16.5. The van der Waals surface area contributed by atoms with Crippen molar-refractivity contribution < 1.29 is 28.4 Å². The van der Waals surface area contributed by atoms with Gasteiger partial charge in [-0.2, -0.15) is 0 Å². The van der Waals surface area contributed by atoms with Gasteiger partial charge in [0.05, 0.1) is 35.5 Å². The van der Waals surface area contributed by atoms with Crippen molar-refractivity contribution in [2.75, 3.05) is 35.5 Å². The monoisotopic (exact) mass is 528 g/mol. The summed E-state index contributed by atoms with van der Waals surface area (Å²) in [4.78, 5) is 0. The van der Waals surface area contributed by atoms with E-state index in [2.05, 4.69) is 18.2 Å². The number of aryl methyl sites for hydroxylation is 4. The van der Waals surface area contributed by atoms with Gasteiger partial charge in [-0.15, -0.1) is 0 Å². The Hall–Kier alpha value is -4.32. The van der Waals surface area contributed by atoms with E-state index in [1.54, 1.807) is 35.5 Å². The van der Waals surface area contributed by atoms with E-state index in [0.29, 0.717) is 17.2 Å². The summed E-state index contributed by atoms with van der Waals surface area (Å²) in [5.74, 6) is 5.20. The van der Waals surface area contributed by atoms with E-state index in [1.807, 2.05) is 60.7 Å². The van der Waals surface area contributed by atoms with Gasteiger partial charge in [0.15, 0.2) is 11.5 Å². The van der Waals surface area contributed by atoms with Crippen LogP contribution in [0.2, 0.25) is 0 Å². The highest BCUT2D eigenvalue weighted by molar-refractivity contribution is 5.48. The molecule has 0 heterocycles. The van der Waals surface area contributed by atoms with Gasteiger partial charge in [0.1, 0.15) is 28.7 Å². The molecule has 204 valence electrons. The zero-order chi connectivity index (χ0) is 27.6. The first-order valence-corrected chi connectivity index (χ1v) is 12.9. The van der Waals surface area contributed by atoms with Crippen LogP contribution in [0, 0.1) is 0 Å². The highest BCUT2D eigenvalue weighted by Crippen LogP contribution is 2.35. The molecule has 0 aliphatic rings. The van der Waals surface area contributed by atoms with Gasteiger partial charge in [-0.3, -0.25) is 0 Å². The lowest BCUT2D eigenvalue weighted by Crippen LogP contribution is -1.98. The van der Waals surface area contributed by atoms with Crippen molar-refractivity contribution in [3.05, 3.63) is 101 Å². The lowest BCUT2D eigenvalue weighted by molar-refractivity contribution is 0.375. The Morgan fingerprint density at radius 2 is 0.872 bits per heavy atom. The number of hydrogen-bond donors (Lipinski definition) is 0. The molecule has 0 N–H and O–H groups in total. The van der Waals surface area contributed by atoms with Crippen LogP contribution in [-0.4, -0.2) is 35.5 Å². The van der Waals surface area contributed by atoms with Crippen LogP contribution in [0.3, 0.4) is 0 Å². The molecule has 6 nitrogen and oxygen atoms in total. The summed E-state index contributed by atoms with van der Waals surface area (Å²) in [6, 6.07) is 26.1. The summed E-state index contributed by atoms with van der Waals surface area (Å²) in [5.41, 5.74) is 4.62. The Morgan fingerprint density at radius 1 is 0.385 bits per heavy atom. The van der Waals surface area contributed by atoms with Gasteiger partial charge in [-0.25, -0.2) is 0 Å². The van der Waals surface area contributed by atoms with Crippen molar-refractivity contribution in [2.24, 2.45) is 0 Å². The molecular weight excluding hydrogens is 492 g/mol. The summed E-state index contributed by atoms with van der Waals surface area (Å²) < 4.78 is 33.7. The molecule has 0 aliphatic carbocycles. The maximum absolute atomic E-state index is 6.29. The van der Waals surface area contributed by atoms with Crippen molar-refractivity contribution in [1.29, 1.82) is 0 Å². The number of rotatable bonds is 13. The molecule has 4 aromatic rings. The number of benzene rings is 4. The third-order valence-electron chi connectivity index (χ3n) is 6.58. The van der Waals surface area contributed by atoms with Gasteiger partial charge in [-0.05, 0) is 96.5 Å². The Balaban J connectivity index is 1.47. The van der Waals surface area contributed by atoms with Crippen LogP contribution in [0.5, 0.6) is 40.2 Å². The molecule has 0 spiro atoms. The van der Waals surface area contributed by atoms with E-state index >= 15 is 0 Å². The zero-order valence-electron chi connectivity index (χ0n) is 23.3. The molecular formula is C33H36O6. The summed E-state index contributed by atoms with van der Waals surface area (Å²) in [5, 5.41) is 0. The minimum atomic E-state index is 0.649. The SMILES string of the molecule is COc1cccc(CCc2cc(OC)cc(Oc3ccc(CCc4cc(OC)cc(OC)c4)cc3OC)c2)c1. The standard InChI is InChI=1S/C33H36O6/c1-34-27-8-6-7-23(15-27)9-11-26-18-30(37-4)22-31(19-26)39-32-14-13-24(20-33(32)38-5)10-12-25-16-28(35-2)21-29(17-25)36-3/h6-8,13-22H,9-12H2,1-5H3. The molecule has 0 fully saturated rings. The average Bonchev–Trinajstić information content (AvgIpc) is 2.99. The van der Waals surface area contributed by atoms with Gasteiger partial charge in [0.25, 0.3) is 0 Å². The van der Waals surface area contributed by atoms with E-state index in [1.165, 1.54) is 5.56 Å². The first-order chi connectivity index (χ1) is 19.0. The summed E-state index contributed by atoms with van der Waals surface area (Å²) >= 11 is 0. The predicted octanol–water partition coefficient (Wildman–Crippen LogP) is 7.09. The molecule has 6 heteroatoms. The zero-order valence-corrected chi connectivity index (χ0v) is 23.3. The largest absolute Gasteiger partial charge is 0.497 e. The van der Waals surface area contributed by atoms with E-state index < -0.39 is 0 Å². The van der Waals surface area contributed by atoms with E-state index in [-0.39, 0.29) is 0 Å². The van der Waals surface area contributed by atoms with Crippen LogP contribution in [0.4, 0.5) is 0 Å². The van der Waals surface area contributed by atoms with Crippen LogP contribution < -0.4 is 28.4 Å². The lowest BCUT2D eigenvalue weighted by atomic mass is 10.0. The molecule has 0 atom stereocenters. The molecule has 0 aromatic heterocycles. The number of methoxy groups -OCH3 is 5. The van der Waals surface area contributed by atoms with E-state index in [9.17, 15) is 0 Å². The Labute approximate surface area is 231 Å². The summed E-state index contributed by atoms with van der Waals surface area (Å²) in [7, 11) is 8.33. The second kappa shape index (κ2) is 13.5. The molecule has 0 bridgehead atoms. The molecule has 0 aliphatic heterocycles. The van der Waals surface area contributed by atoms with Crippen molar-refractivity contribution in [1.82, 2.24) is 0 Å². The van der Waals surface area contributed by atoms with Crippen LogP contribution in [0.25, 0.3) is 0 Å². The van der Waals surface area contributed by atoms with Crippen LogP contribution in [0.15, 0.2) is 78.9 Å². The molecule has 39 heavy (non-hydrogen) atoms. The highest BCUT2D eigenvalue weighted by Gasteiger charge is 2.11. The molecule has 0 unspecified atom stereocenters. The van der Waals surface area contributed by atoms with Crippen LogP contribution in [-0.2, 0) is 25.7 Å². The molecule has 0 saturated carbocycles. The van der Waals surface area contributed by atoms with Gasteiger partial charge in [0.2, 0.25) is 0 Å². The molecule has 0 saturated heterocycles. The first-order valence-electron chi connectivity index (χ1n) is 12.9. The minimum absolute atomic E-state index is 0.649. The molecule has 0 radical (unpaired) electrons. The predicted molar refractivity (Wildman–Crippen MR) is 153 cm³/mol. The van der Waals surface area contributed by atoms with Gasteiger partial charge < -0.3 is 28.4 Å². The Morgan fingerprint density at radius 3 is 1.44 bits per heavy atom. The van der Waals surface area contributed by atoms with Crippen LogP contribution in [0.1, 0.15) is 22.3 Å². The average molecular weight is 529 g/mol. The molecule has 0 amide bonds. The maximum atomic E-state index is 6.29. The number of hydrogen-bond acceptors (Lipinski definition) is 6. The fraction of sp³-hybridized carbons (Fsp3) is 0.273. The smallest absolute Gasteiger partial charge is 0.169 e. The second-order valence-corrected chi connectivity index (χ2v) is 9.18. The van der Waals surface area contributed by atoms with Gasteiger partial charge >= 0.3 is 0 Å². The van der Waals surface area contributed by atoms with E-state index in [4.69, 9.17) is 28.4 Å². The summed E-state index contributed by atoms with van der Waals surface area (Å²) in [6.07, 6.45) is 3.39. The normalized spacial score (nSPS) is 10.6. The Kier molecular flexibility index (Phi) is 9.57. The third-order valence-corrected chi connectivity index (χ3v) is 6.58. The fourth-order valence-electron chi connectivity index (χ4n) is 4.45. The van der Waals surface area contributed by atoms with Crippen molar-refractivity contribution in [3.63, 3.8) is 0 Å². The Bertz CT molecular complexity index is 1360. The molecule has 4 aromatic carbocycles. The fourth-order valence-corrected chi connectivity index (χ4v) is 4.45. The topological polar surface area (TPSA) is 55.4 Å². The minimum Gasteiger partial charge on any atom is -0.497 e. The third kappa shape index (κ3) is 7.60. The summed E-state index contributed by atoms with van der Waals surface area (Å²) in [6.45, 7) is 0. The molecule has 4 rings (SSSR count). The second-order valence-electron chi connectivity index (χ2n) is 9.18.